The minimum absolute atomic E-state index is 0.0620. The third kappa shape index (κ3) is 6.78. The van der Waals surface area contributed by atoms with E-state index in [1.54, 1.807) is 19.2 Å². The quantitative estimate of drug-likeness (QED) is 0.517. The predicted octanol–water partition coefficient (Wildman–Crippen LogP) is 2.79. The van der Waals surface area contributed by atoms with Crippen molar-refractivity contribution < 1.29 is 22.6 Å². The molecule has 1 saturated heterocycles. The number of halogens is 3. The molecule has 28 heavy (non-hydrogen) atoms. The second-order valence-electron chi connectivity index (χ2n) is 6.62. The number of rotatable bonds is 8. The van der Waals surface area contributed by atoms with E-state index in [0.29, 0.717) is 18.5 Å². The maximum atomic E-state index is 12.3. The Labute approximate surface area is 164 Å². The Morgan fingerprint density at radius 2 is 2.07 bits per heavy atom. The summed E-state index contributed by atoms with van der Waals surface area (Å²) in [5.41, 5.74) is 0.843. The van der Waals surface area contributed by atoms with Crippen LogP contribution < -0.4 is 20.1 Å². The molecule has 0 aliphatic carbocycles. The summed E-state index contributed by atoms with van der Waals surface area (Å²) < 4.78 is 47.0. The highest BCUT2D eigenvalue weighted by atomic mass is 19.4. The van der Waals surface area contributed by atoms with Crippen molar-refractivity contribution in [3.05, 3.63) is 23.8 Å². The average Bonchev–Trinajstić information content (AvgIpc) is 3.13. The zero-order chi connectivity index (χ0) is 20.6. The number of aliphatic imine (C=N–C) groups is 1. The molecule has 1 aliphatic heterocycles. The van der Waals surface area contributed by atoms with Crippen LogP contribution in [0, 0.1) is 0 Å². The van der Waals surface area contributed by atoms with Crippen LogP contribution in [0.4, 0.5) is 13.2 Å². The molecule has 1 aliphatic rings. The average molecular weight is 402 g/mol. The zero-order valence-electron chi connectivity index (χ0n) is 16.6. The third-order valence-electron chi connectivity index (χ3n) is 4.71. The van der Waals surface area contributed by atoms with Crippen molar-refractivity contribution in [1.82, 2.24) is 15.5 Å². The van der Waals surface area contributed by atoms with E-state index < -0.39 is 12.8 Å². The van der Waals surface area contributed by atoms with Crippen LogP contribution >= 0.6 is 0 Å². The summed E-state index contributed by atoms with van der Waals surface area (Å²) in [4.78, 5) is 6.68. The lowest BCUT2D eigenvalue weighted by atomic mass is 10.2. The molecule has 0 aromatic heterocycles. The van der Waals surface area contributed by atoms with Crippen LogP contribution in [-0.4, -0.2) is 63.5 Å². The van der Waals surface area contributed by atoms with Crippen LogP contribution in [0.5, 0.6) is 11.5 Å². The maximum absolute atomic E-state index is 12.3. The van der Waals surface area contributed by atoms with Gasteiger partial charge < -0.3 is 20.1 Å². The van der Waals surface area contributed by atoms with Gasteiger partial charge in [0.15, 0.2) is 24.1 Å². The van der Waals surface area contributed by atoms with Gasteiger partial charge in [-0.25, -0.2) is 0 Å². The van der Waals surface area contributed by atoms with Gasteiger partial charge in [0, 0.05) is 26.2 Å². The SMILES string of the molecule is CCN1CCCC1CNC(=NC)NCc1ccc(OCC(F)(F)F)c(OC)c1. The molecule has 1 aromatic rings. The number of hydrogen-bond acceptors (Lipinski definition) is 4. The normalized spacial score (nSPS) is 18.2. The van der Waals surface area contributed by atoms with Gasteiger partial charge in [0.25, 0.3) is 0 Å². The smallest absolute Gasteiger partial charge is 0.422 e. The number of likely N-dealkylation sites (N-methyl/N-ethyl adjacent to an activating group) is 1. The molecule has 2 rings (SSSR count). The van der Waals surface area contributed by atoms with E-state index in [1.165, 1.54) is 26.0 Å². The minimum atomic E-state index is -4.39. The zero-order valence-corrected chi connectivity index (χ0v) is 16.6. The second-order valence-corrected chi connectivity index (χ2v) is 6.62. The first kappa shape index (κ1) is 22.1. The lowest BCUT2D eigenvalue weighted by molar-refractivity contribution is -0.153. The number of nitrogens with zero attached hydrogens (tertiary/aromatic N) is 2. The molecule has 158 valence electrons. The largest absolute Gasteiger partial charge is 0.493 e. The molecular formula is C19H29F3N4O2. The lowest BCUT2D eigenvalue weighted by Gasteiger charge is -2.24. The first-order valence-corrected chi connectivity index (χ1v) is 9.41. The van der Waals surface area contributed by atoms with Crippen molar-refractivity contribution in [2.75, 3.05) is 40.4 Å². The summed E-state index contributed by atoms with van der Waals surface area (Å²) in [5, 5.41) is 6.55. The number of ether oxygens (including phenoxy) is 2. The number of alkyl halides is 3. The first-order chi connectivity index (χ1) is 13.4. The molecule has 9 heteroatoms. The molecule has 1 aromatic carbocycles. The summed E-state index contributed by atoms with van der Waals surface area (Å²) >= 11 is 0. The summed E-state index contributed by atoms with van der Waals surface area (Å²) in [7, 11) is 3.10. The Bertz CT molecular complexity index is 653. The number of guanidine groups is 1. The molecule has 0 radical (unpaired) electrons. The van der Waals surface area contributed by atoms with Gasteiger partial charge in [-0.3, -0.25) is 9.89 Å². The van der Waals surface area contributed by atoms with Crippen LogP contribution in [0.1, 0.15) is 25.3 Å². The van der Waals surface area contributed by atoms with E-state index in [1.807, 2.05) is 0 Å². The molecule has 0 spiro atoms. The molecule has 2 N–H and O–H groups in total. The van der Waals surface area contributed by atoms with E-state index in [4.69, 9.17) is 9.47 Å². The van der Waals surface area contributed by atoms with Gasteiger partial charge in [-0.15, -0.1) is 0 Å². The van der Waals surface area contributed by atoms with Gasteiger partial charge in [-0.1, -0.05) is 13.0 Å². The van der Waals surface area contributed by atoms with Gasteiger partial charge >= 0.3 is 6.18 Å². The lowest BCUT2D eigenvalue weighted by Crippen LogP contribution is -2.44. The van der Waals surface area contributed by atoms with Crippen molar-refractivity contribution in [3.8, 4) is 11.5 Å². The fourth-order valence-electron chi connectivity index (χ4n) is 3.26. The van der Waals surface area contributed by atoms with Gasteiger partial charge in [-0.2, -0.15) is 13.2 Å². The Hall–Kier alpha value is -2.16. The summed E-state index contributed by atoms with van der Waals surface area (Å²) in [6, 6.07) is 5.34. The molecular weight excluding hydrogens is 373 g/mol. The van der Waals surface area contributed by atoms with Crippen molar-refractivity contribution >= 4 is 5.96 Å². The van der Waals surface area contributed by atoms with Gasteiger partial charge in [0.05, 0.1) is 7.11 Å². The van der Waals surface area contributed by atoms with Crippen molar-refractivity contribution in [2.45, 2.75) is 38.5 Å². The van der Waals surface area contributed by atoms with E-state index in [2.05, 4.69) is 27.4 Å². The summed E-state index contributed by atoms with van der Waals surface area (Å²) in [5.74, 6) is 1.00. The Balaban J connectivity index is 1.88. The molecule has 0 bridgehead atoms. The summed E-state index contributed by atoms with van der Waals surface area (Å²) in [6.07, 6.45) is -2.00. The Morgan fingerprint density at radius 1 is 1.29 bits per heavy atom. The van der Waals surface area contributed by atoms with Crippen LogP contribution in [0.3, 0.4) is 0 Å². The van der Waals surface area contributed by atoms with Gasteiger partial charge in [0.1, 0.15) is 0 Å². The third-order valence-corrected chi connectivity index (χ3v) is 4.71. The highest BCUT2D eigenvalue weighted by molar-refractivity contribution is 5.79. The standard InChI is InChI=1S/C19H29F3N4O2/c1-4-26-9-5-6-15(26)12-25-18(23-2)24-11-14-7-8-16(17(10-14)27-3)28-13-19(20,21)22/h7-8,10,15H,4-6,9,11-13H2,1-3H3,(H2,23,24,25). The topological polar surface area (TPSA) is 58.1 Å². The molecule has 1 atom stereocenters. The Kier molecular flexibility index (Phi) is 8.22. The Morgan fingerprint density at radius 3 is 2.71 bits per heavy atom. The number of benzene rings is 1. The molecule has 1 heterocycles. The fraction of sp³-hybridized carbons (Fsp3) is 0.632. The number of methoxy groups -OCH3 is 1. The van der Waals surface area contributed by atoms with E-state index in [9.17, 15) is 13.2 Å². The minimum Gasteiger partial charge on any atom is -0.493 e. The van der Waals surface area contributed by atoms with E-state index in [0.717, 1.165) is 25.2 Å². The molecule has 6 nitrogen and oxygen atoms in total. The molecule has 0 saturated carbocycles. The number of nitrogens with one attached hydrogen (secondary N) is 2. The summed E-state index contributed by atoms with van der Waals surface area (Å²) in [6.45, 7) is 4.27. The highest BCUT2D eigenvalue weighted by Gasteiger charge is 2.29. The van der Waals surface area contributed by atoms with E-state index in [-0.39, 0.29) is 11.5 Å². The monoisotopic (exact) mass is 402 g/mol. The van der Waals surface area contributed by atoms with Gasteiger partial charge in [-0.05, 0) is 43.6 Å². The second kappa shape index (κ2) is 10.4. The van der Waals surface area contributed by atoms with Crippen molar-refractivity contribution in [3.63, 3.8) is 0 Å². The van der Waals surface area contributed by atoms with Crippen LogP contribution in [0.2, 0.25) is 0 Å². The molecule has 1 fully saturated rings. The maximum Gasteiger partial charge on any atom is 0.422 e. The van der Waals surface area contributed by atoms with E-state index >= 15 is 0 Å². The number of likely N-dealkylation sites (tertiary alicyclic amines) is 1. The first-order valence-electron chi connectivity index (χ1n) is 9.41. The number of hydrogen-bond donors (Lipinski definition) is 2. The fourth-order valence-corrected chi connectivity index (χ4v) is 3.26. The van der Waals surface area contributed by atoms with Crippen LogP contribution in [0.25, 0.3) is 0 Å². The predicted molar refractivity (Wildman–Crippen MR) is 103 cm³/mol. The van der Waals surface area contributed by atoms with Crippen LogP contribution in [-0.2, 0) is 6.54 Å². The molecule has 1 unspecified atom stereocenters. The molecule has 0 amide bonds. The van der Waals surface area contributed by atoms with Crippen molar-refractivity contribution in [1.29, 1.82) is 0 Å². The van der Waals surface area contributed by atoms with Crippen molar-refractivity contribution in [2.24, 2.45) is 4.99 Å². The van der Waals surface area contributed by atoms with Gasteiger partial charge in [0.2, 0.25) is 0 Å². The van der Waals surface area contributed by atoms with Crippen LogP contribution in [0.15, 0.2) is 23.2 Å². The highest BCUT2D eigenvalue weighted by Crippen LogP contribution is 2.29.